The van der Waals surface area contributed by atoms with Gasteiger partial charge in [0.2, 0.25) is 5.91 Å². The molecule has 0 unspecified atom stereocenters. The van der Waals surface area contributed by atoms with E-state index in [0.29, 0.717) is 0 Å². The van der Waals surface area contributed by atoms with E-state index in [4.69, 9.17) is 14.8 Å². The predicted octanol–water partition coefficient (Wildman–Crippen LogP) is 1.63. The van der Waals surface area contributed by atoms with E-state index in [0.717, 1.165) is 0 Å². The summed E-state index contributed by atoms with van der Waals surface area (Å²) >= 11 is 0. The van der Waals surface area contributed by atoms with E-state index in [1.807, 2.05) is 0 Å². The summed E-state index contributed by atoms with van der Waals surface area (Å²) in [4.78, 5) is 10.8. The van der Waals surface area contributed by atoms with Crippen LogP contribution in [0.25, 0.3) is 0 Å². The summed E-state index contributed by atoms with van der Waals surface area (Å²) in [6.45, 7) is 10.4. The zero-order valence-electron chi connectivity index (χ0n) is 9.05. The van der Waals surface area contributed by atoms with Gasteiger partial charge in [-0.3, -0.25) is 9.36 Å². The van der Waals surface area contributed by atoms with Gasteiger partial charge < -0.3 is 14.8 Å². The molecule has 0 radical (unpaired) electrons. The van der Waals surface area contributed by atoms with Gasteiger partial charge in [0.1, 0.15) is 0 Å². The maximum Gasteiger partial charge on any atom is 0.335 e. The lowest BCUT2D eigenvalue weighted by Gasteiger charge is -2.17. The van der Waals surface area contributed by atoms with Crippen molar-refractivity contribution in [3.63, 3.8) is 0 Å². The van der Waals surface area contributed by atoms with Crippen molar-refractivity contribution >= 4 is 13.5 Å². The van der Waals surface area contributed by atoms with E-state index in [9.17, 15) is 9.36 Å². The number of hydrogen-bond donors (Lipinski definition) is 1. The average molecular weight is 245 g/mol. The van der Waals surface area contributed by atoms with Crippen LogP contribution in [-0.2, 0) is 18.4 Å². The molecule has 90 valence electrons. The van der Waals surface area contributed by atoms with E-state index < -0.39 is 13.5 Å². The van der Waals surface area contributed by atoms with Crippen molar-refractivity contribution in [3.8, 4) is 0 Å². The number of nitrogens with two attached hydrogens (primary N) is 1. The Labute approximate surface area is 95.1 Å². The van der Waals surface area contributed by atoms with E-state index in [1.165, 1.54) is 12.2 Å². The average Bonchev–Trinajstić information content (AvgIpc) is 2.23. The van der Waals surface area contributed by atoms with Crippen molar-refractivity contribution in [3.05, 3.63) is 37.5 Å². The minimum atomic E-state index is -3.41. The molecule has 1 amide bonds. The molecule has 0 aromatic carbocycles. The van der Waals surface area contributed by atoms with Crippen molar-refractivity contribution in [1.29, 1.82) is 0 Å². The van der Waals surface area contributed by atoms with E-state index >= 15 is 0 Å². The van der Waals surface area contributed by atoms with Crippen molar-refractivity contribution in [1.82, 2.24) is 0 Å². The van der Waals surface area contributed by atoms with Crippen LogP contribution >= 0.6 is 7.60 Å². The van der Waals surface area contributed by atoms with Gasteiger partial charge >= 0.3 is 7.60 Å². The molecule has 0 spiro atoms. The monoisotopic (exact) mass is 245 g/mol. The molecule has 0 rings (SSSR count). The summed E-state index contributed by atoms with van der Waals surface area (Å²) < 4.78 is 22.0. The fraction of sp³-hybridized carbons (Fsp3) is 0.300. The number of primary amides is 1. The molecular weight excluding hydrogens is 229 g/mol. The molecular formula is C10H16NO4P. The van der Waals surface area contributed by atoms with Gasteiger partial charge in [-0.25, -0.2) is 0 Å². The molecule has 0 aliphatic rings. The third-order valence-corrected chi connectivity index (χ3v) is 3.37. The second-order valence-electron chi connectivity index (χ2n) is 2.91. The summed E-state index contributed by atoms with van der Waals surface area (Å²) in [6, 6.07) is 0. The summed E-state index contributed by atoms with van der Waals surface area (Å²) in [7, 11) is -3.41. The minimum absolute atomic E-state index is 0.00328. The molecule has 0 bridgehead atoms. The van der Waals surface area contributed by atoms with Gasteiger partial charge in [0.15, 0.2) is 0 Å². The molecule has 0 heterocycles. The molecule has 0 aliphatic heterocycles. The quantitative estimate of drug-likeness (QED) is 0.380. The number of hydrogen-bond acceptors (Lipinski definition) is 4. The summed E-state index contributed by atoms with van der Waals surface area (Å²) in [5.41, 5.74) is 4.99. The van der Waals surface area contributed by atoms with Crippen molar-refractivity contribution in [2.45, 2.75) is 0 Å². The van der Waals surface area contributed by atoms with Crippen LogP contribution in [0.5, 0.6) is 0 Å². The summed E-state index contributed by atoms with van der Waals surface area (Å²) in [5.74, 6) is -0.732. The molecule has 5 nitrogen and oxygen atoms in total. The standard InChI is InChI=1S/C10H16NO4P/c1-4-6-14-16(13,15-7-5-2)8-9(3)10(11)12/h4-5H,1-3,6-8H2,(H2,11,12). The number of carbonyl (C=O) groups excluding carboxylic acids is 1. The van der Waals surface area contributed by atoms with Crippen LogP contribution in [0.4, 0.5) is 0 Å². The van der Waals surface area contributed by atoms with E-state index in [2.05, 4.69) is 19.7 Å². The zero-order chi connectivity index (χ0) is 12.6. The van der Waals surface area contributed by atoms with Crippen LogP contribution in [0.3, 0.4) is 0 Å². The first kappa shape index (κ1) is 14.8. The molecule has 2 N–H and O–H groups in total. The first-order valence-electron chi connectivity index (χ1n) is 4.52. The second-order valence-corrected chi connectivity index (χ2v) is 4.96. The van der Waals surface area contributed by atoms with Crippen LogP contribution in [0.1, 0.15) is 0 Å². The largest absolute Gasteiger partial charge is 0.366 e. The zero-order valence-corrected chi connectivity index (χ0v) is 9.95. The Morgan fingerprint density at radius 1 is 1.25 bits per heavy atom. The Morgan fingerprint density at radius 2 is 1.69 bits per heavy atom. The first-order valence-corrected chi connectivity index (χ1v) is 6.25. The highest BCUT2D eigenvalue weighted by Crippen LogP contribution is 2.49. The minimum Gasteiger partial charge on any atom is -0.366 e. The molecule has 0 saturated heterocycles. The van der Waals surface area contributed by atoms with Crippen LogP contribution in [-0.4, -0.2) is 25.3 Å². The third-order valence-electron chi connectivity index (χ3n) is 1.51. The van der Waals surface area contributed by atoms with Gasteiger partial charge in [-0.2, -0.15) is 0 Å². The fourth-order valence-electron chi connectivity index (χ4n) is 0.773. The lowest BCUT2D eigenvalue weighted by molar-refractivity contribution is -0.114. The number of rotatable bonds is 9. The highest BCUT2D eigenvalue weighted by molar-refractivity contribution is 7.54. The molecule has 6 heteroatoms. The Morgan fingerprint density at radius 3 is 2.00 bits per heavy atom. The molecule has 0 aliphatic carbocycles. The Balaban J connectivity index is 4.57. The number of carbonyl (C=O) groups is 1. The summed E-state index contributed by atoms with van der Waals surface area (Å²) in [6.07, 6.45) is 2.62. The predicted molar refractivity (Wildman–Crippen MR) is 63.1 cm³/mol. The lowest BCUT2D eigenvalue weighted by atomic mass is 10.3. The molecule has 0 saturated carbocycles. The van der Waals surface area contributed by atoms with Crippen molar-refractivity contribution < 1.29 is 18.4 Å². The first-order chi connectivity index (χ1) is 7.45. The SMILES string of the molecule is C=CCOP(=O)(CC(=C)C(N)=O)OCC=C. The van der Waals surface area contributed by atoms with E-state index in [-0.39, 0.29) is 24.9 Å². The van der Waals surface area contributed by atoms with Gasteiger partial charge in [0.25, 0.3) is 0 Å². The third kappa shape index (κ3) is 5.66. The lowest BCUT2D eigenvalue weighted by Crippen LogP contribution is -2.17. The van der Waals surface area contributed by atoms with Crippen molar-refractivity contribution in [2.24, 2.45) is 5.73 Å². The van der Waals surface area contributed by atoms with Crippen molar-refractivity contribution in [2.75, 3.05) is 19.4 Å². The van der Waals surface area contributed by atoms with Gasteiger partial charge in [-0.15, -0.1) is 13.2 Å². The highest BCUT2D eigenvalue weighted by Gasteiger charge is 2.26. The van der Waals surface area contributed by atoms with Crippen LogP contribution < -0.4 is 5.73 Å². The normalized spacial score (nSPS) is 10.8. The van der Waals surface area contributed by atoms with Gasteiger partial charge in [0, 0.05) is 5.57 Å². The van der Waals surface area contributed by atoms with Gasteiger partial charge in [-0.05, 0) is 0 Å². The van der Waals surface area contributed by atoms with E-state index in [1.54, 1.807) is 0 Å². The highest BCUT2D eigenvalue weighted by atomic mass is 31.2. The smallest absolute Gasteiger partial charge is 0.335 e. The van der Waals surface area contributed by atoms with Gasteiger partial charge in [0.05, 0.1) is 19.4 Å². The molecule has 0 fully saturated rings. The van der Waals surface area contributed by atoms with Gasteiger partial charge in [-0.1, -0.05) is 18.7 Å². The fourth-order valence-corrected chi connectivity index (χ4v) is 2.32. The Bertz CT molecular complexity index is 322. The topological polar surface area (TPSA) is 78.6 Å². The Kier molecular flexibility index (Phi) is 6.65. The Hall–Kier alpha value is -1.16. The molecule has 0 aromatic heterocycles. The van der Waals surface area contributed by atoms with Crippen LogP contribution in [0, 0.1) is 0 Å². The van der Waals surface area contributed by atoms with Crippen LogP contribution in [0.2, 0.25) is 0 Å². The maximum absolute atomic E-state index is 12.0. The number of amides is 1. The molecule has 0 aromatic rings. The van der Waals surface area contributed by atoms with Crippen LogP contribution in [0.15, 0.2) is 37.5 Å². The maximum atomic E-state index is 12.0. The molecule has 0 atom stereocenters. The molecule has 16 heavy (non-hydrogen) atoms. The second kappa shape index (κ2) is 7.17. The summed E-state index contributed by atoms with van der Waals surface area (Å²) in [5, 5.41) is 0.